The molecule has 1 saturated carbocycles. The summed E-state index contributed by atoms with van der Waals surface area (Å²) in [5.41, 5.74) is 7.27. The molecule has 2 aliphatic rings. The lowest BCUT2D eigenvalue weighted by molar-refractivity contribution is -0.140. The van der Waals surface area contributed by atoms with Crippen molar-refractivity contribution in [2.75, 3.05) is 23.7 Å². The topological polar surface area (TPSA) is 86.9 Å². The number of hydrogen-bond donors (Lipinski definition) is 2. The SMILES string of the molecule is Nc1ccc(Br)cc1N(C(=O)CC(=O)O)C1CCN(C2CCCCCCC2)CC1. The molecule has 0 bridgehead atoms. The van der Waals surface area contributed by atoms with Crippen LogP contribution in [0.5, 0.6) is 0 Å². The molecule has 1 aliphatic heterocycles. The highest BCUT2D eigenvalue weighted by Gasteiger charge is 2.33. The van der Waals surface area contributed by atoms with Crippen LogP contribution >= 0.6 is 15.9 Å². The third-order valence-electron chi connectivity index (χ3n) is 6.28. The minimum absolute atomic E-state index is 0.0248. The summed E-state index contributed by atoms with van der Waals surface area (Å²) in [5.74, 6) is -1.51. The van der Waals surface area contributed by atoms with Crippen LogP contribution in [-0.2, 0) is 9.59 Å². The molecule has 0 atom stereocenters. The molecule has 6 nitrogen and oxygen atoms in total. The second kappa shape index (κ2) is 10.4. The Labute approximate surface area is 181 Å². The van der Waals surface area contributed by atoms with E-state index >= 15 is 0 Å². The van der Waals surface area contributed by atoms with Gasteiger partial charge in [0.1, 0.15) is 6.42 Å². The summed E-state index contributed by atoms with van der Waals surface area (Å²) in [5, 5.41) is 9.17. The number of piperidine rings is 1. The molecule has 0 unspecified atom stereocenters. The highest BCUT2D eigenvalue weighted by molar-refractivity contribution is 9.10. The number of hydrogen-bond acceptors (Lipinski definition) is 4. The van der Waals surface area contributed by atoms with E-state index in [1.54, 1.807) is 11.0 Å². The summed E-state index contributed by atoms with van der Waals surface area (Å²) in [6.07, 6.45) is 10.4. The van der Waals surface area contributed by atoms with Crippen LogP contribution < -0.4 is 10.6 Å². The number of nitrogen functional groups attached to an aromatic ring is 1. The van der Waals surface area contributed by atoms with Crippen LogP contribution in [0.4, 0.5) is 11.4 Å². The lowest BCUT2D eigenvalue weighted by Crippen LogP contribution is -2.50. The van der Waals surface area contributed by atoms with Crippen molar-refractivity contribution in [3.63, 3.8) is 0 Å². The predicted molar refractivity (Wildman–Crippen MR) is 119 cm³/mol. The highest BCUT2D eigenvalue weighted by atomic mass is 79.9. The van der Waals surface area contributed by atoms with Gasteiger partial charge in [-0.25, -0.2) is 0 Å². The van der Waals surface area contributed by atoms with Crippen molar-refractivity contribution in [1.29, 1.82) is 0 Å². The lowest BCUT2D eigenvalue weighted by atomic mass is 9.93. The number of amides is 1. The van der Waals surface area contributed by atoms with E-state index in [1.165, 1.54) is 44.9 Å². The third kappa shape index (κ3) is 5.95. The fourth-order valence-corrected chi connectivity index (χ4v) is 5.13. The number of carbonyl (C=O) groups excluding carboxylic acids is 1. The van der Waals surface area contributed by atoms with Crippen LogP contribution in [0.3, 0.4) is 0 Å². The molecule has 1 heterocycles. The van der Waals surface area contributed by atoms with E-state index in [0.717, 1.165) is 30.4 Å². The van der Waals surface area contributed by atoms with Crippen LogP contribution in [0.1, 0.15) is 64.2 Å². The fourth-order valence-electron chi connectivity index (χ4n) is 4.78. The Morgan fingerprint density at radius 2 is 1.69 bits per heavy atom. The Balaban J connectivity index is 1.73. The number of halogens is 1. The van der Waals surface area contributed by atoms with Crippen LogP contribution in [0.25, 0.3) is 0 Å². The molecule has 7 heteroatoms. The normalized spacial score (nSPS) is 20.0. The smallest absolute Gasteiger partial charge is 0.312 e. The minimum Gasteiger partial charge on any atom is -0.481 e. The molecule has 1 aromatic rings. The first-order valence-electron chi connectivity index (χ1n) is 10.8. The first kappa shape index (κ1) is 22.1. The number of carbonyl (C=O) groups is 2. The zero-order valence-electron chi connectivity index (χ0n) is 17.0. The highest BCUT2D eigenvalue weighted by Crippen LogP contribution is 2.33. The van der Waals surface area contributed by atoms with Gasteiger partial charge in [-0.3, -0.25) is 9.59 Å². The molecule has 0 spiro atoms. The standard InChI is InChI=1S/C22H32BrN3O3/c23-16-8-9-19(24)20(14-16)26(21(27)15-22(28)29)18-10-12-25(13-11-18)17-6-4-2-1-3-5-7-17/h8-9,14,17-18H,1-7,10-13,15,24H2,(H,28,29). The molecule has 160 valence electrons. The van der Waals surface area contributed by atoms with Gasteiger partial charge in [0.25, 0.3) is 0 Å². The molecular weight excluding hydrogens is 434 g/mol. The van der Waals surface area contributed by atoms with Gasteiger partial charge in [0, 0.05) is 29.6 Å². The van der Waals surface area contributed by atoms with Gasteiger partial charge < -0.3 is 20.6 Å². The number of nitrogens with zero attached hydrogens (tertiary/aromatic N) is 2. The number of benzene rings is 1. The number of rotatable bonds is 5. The van der Waals surface area contributed by atoms with Crippen LogP contribution in [-0.4, -0.2) is 47.1 Å². The number of carboxylic acid groups (broad SMARTS) is 1. The van der Waals surface area contributed by atoms with E-state index in [4.69, 9.17) is 10.8 Å². The zero-order chi connectivity index (χ0) is 20.8. The van der Waals surface area contributed by atoms with E-state index in [9.17, 15) is 9.59 Å². The summed E-state index contributed by atoms with van der Waals surface area (Å²) in [6, 6.07) is 6.02. The largest absolute Gasteiger partial charge is 0.481 e. The van der Waals surface area contributed by atoms with E-state index in [0.29, 0.717) is 17.4 Å². The number of anilines is 2. The van der Waals surface area contributed by atoms with Gasteiger partial charge in [0.15, 0.2) is 0 Å². The Morgan fingerprint density at radius 3 is 2.31 bits per heavy atom. The Hall–Kier alpha value is -1.60. The van der Waals surface area contributed by atoms with E-state index in [1.807, 2.05) is 12.1 Å². The number of likely N-dealkylation sites (tertiary alicyclic amines) is 1. The Bertz CT molecular complexity index is 711. The van der Waals surface area contributed by atoms with Gasteiger partial charge >= 0.3 is 5.97 Å². The number of carboxylic acids is 1. The van der Waals surface area contributed by atoms with Crippen molar-refractivity contribution in [2.45, 2.75) is 76.3 Å². The summed E-state index contributed by atoms with van der Waals surface area (Å²) in [7, 11) is 0. The second-order valence-electron chi connectivity index (χ2n) is 8.30. The molecule has 1 saturated heterocycles. The average Bonchev–Trinajstić information content (AvgIpc) is 2.65. The zero-order valence-corrected chi connectivity index (χ0v) is 18.6. The van der Waals surface area contributed by atoms with Gasteiger partial charge in [-0.1, -0.05) is 48.0 Å². The van der Waals surface area contributed by atoms with Crippen LogP contribution in [0, 0.1) is 0 Å². The third-order valence-corrected chi connectivity index (χ3v) is 6.77. The Morgan fingerprint density at radius 1 is 1.07 bits per heavy atom. The van der Waals surface area contributed by atoms with Crippen molar-refractivity contribution in [3.05, 3.63) is 22.7 Å². The van der Waals surface area contributed by atoms with Crippen molar-refractivity contribution < 1.29 is 14.7 Å². The number of nitrogens with two attached hydrogens (primary N) is 1. The van der Waals surface area contributed by atoms with Crippen molar-refractivity contribution in [1.82, 2.24) is 4.90 Å². The summed E-state index contributed by atoms with van der Waals surface area (Å²) < 4.78 is 0.821. The maximum atomic E-state index is 12.8. The summed E-state index contributed by atoms with van der Waals surface area (Å²) in [6.45, 7) is 1.89. The maximum Gasteiger partial charge on any atom is 0.312 e. The molecular formula is C22H32BrN3O3. The average molecular weight is 466 g/mol. The minimum atomic E-state index is -1.11. The second-order valence-corrected chi connectivity index (χ2v) is 9.22. The van der Waals surface area contributed by atoms with Gasteiger partial charge in [-0.15, -0.1) is 0 Å². The molecule has 1 aliphatic carbocycles. The van der Waals surface area contributed by atoms with Crippen molar-refractivity contribution in [3.8, 4) is 0 Å². The van der Waals surface area contributed by atoms with Gasteiger partial charge in [-0.2, -0.15) is 0 Å². The molecule has 29 heavy (non-hydrogen) atoms. The van der Waals surface area contributed by atoms with Gasteiger partial charge in [-0.05, 0) is 43.9 Å². The molecule has 0 radical (unpaired) electrons. The maximum absolute atomic E-state index is 12.8. The van der Waals surface area contributed by atoms with Crippen molar-refractivity contribution >= 4 is 39.2 Å². The fraction of sp³-hybridized carbons (Fsp3) is 0.636. The van der Waals surface area contributed by atoms with E-state index in [2.05, 4.69) is 20.8 Å². The quantitative estimate of drug-likeness (QED) is 0.496. The van der Waals surface area contributed by atoms with Gasteiger partial charge in [0.05, 0.1) is 11.4 Å². The molecule has 0 aromatic heterocycles. The first-order valence-corrected chi connectivity index (χ1v) is 11.6. The molecule has 2 fully saturated rings. The molecule has 3 rings (SSSR count). The van der Waals surface area contributed by atoms with E-state index < -0.39 is 18.3 Å². The number of aliphatic carboxylic acids is 1. The summed E-state index contributed by atoms with van der Waals surface area (Å²) >= 11 is 3.45. The first-order chi connectivity index (χ1) is 14.0. The monoisotopic (exact) mass is 465 g/mol. The van der Waals surface area contributed by atoms with Crippen molar-refractivity contribution in [2.24, 2.45) is 0 Å². The Kier molecular flexibility index (Phi) is 7.95. The van der Waals surface area contributed by atoms with Gasteiger partial charge in [0.2, 0.25) is 5.91 Å². The van der Waals surface area contributed by atoms with Crippen LogP contribution in [0.2, 0.25) is 0 Å². The van der Waals surface area contributed by atoms with E-state index in [-0.39, 0.29) is 6.04 Å². The van der Waals surface area contributed by atoms with Crippen LogP contribution in [0.15, 0.2) is 22.7 Å². The summed E-state index contributed by atoms with van der Waals surface area (Å²) in [4.78, 5) is 28.3. The lowest BCUT2D eigenvalue weighted by Gasteiger charge is -2.42. The molecule has 1 amide bonds. The predicted octanol–water partition coefficient (Wildman–Crippen LogP) is 4.42. The molecule has 1 aromatic carbocycles. The molecule has 3 N–H and O–H groups in total.